The molecule has 0 spiro atoms. The number of nitrogens with two attached hydrogens (primary N) is 2. The molecule has 0 radical (unpaired) electrons. The predicted molar refractivity (Wildman–Crippen MR) is 145 cm³/mol. The molecule has 0 saturated heterocycles. The molecule has 0 fully saturated rings. The van der Waals surface area contributed by atoms with Gasteiger partial charge in [-0.2, -0.15) is 26.3 Å². The summed E-state index contributed by atoms with van der Waals surface area (Å²) in [5.41, 5.74) is 7.26. The van der Waals surface area contributed by atoms with Crippen LogP contribution in [0.1, 0.15) is 37.4 Å². The van der Waals surface area contributed by atoms with E-state index in [4.69, 9.17) is 17.9 Å². The van der Waals surface area contributed by atoms with Gasteiger partial charge in [-0.25, -0.2) is 9.59 Å². The van der Waals surface area contributed by atoms with Crippen LogP contribution in [-0.2, 0) is 28.0 Å². The largest absolute Gasteiger partial charge is 0.465 e. The first-order valence-corrected chi connectivity index (χ1v) is 15.5. The summed E-state index contributed by atoms with van der Waals surface area (Å²) in [5.74, 6) is 0.208. The van der Waals surface area contributed by atoms with Crippen molar-refractivity contribution in [3.8, 4) is 23.6 Å². The summed E-state index contributed by atoms with van der Waals surface area (Å²) in [4.78, 5) is 23.0. The zero-order valence-electron chi connectivity index (χ0n) is 23.1. The summed E-state index contributed by atoms with van der Waals surface area (Å²) < 4.78 is 88.3. The van der Waals surface area contributed by atoms with Gasteiger partial charge in [0.05, 0.1) is 50.7 Å². The van der Waals surface area contributed by atoms with E-state index >= 15 is 0 Å². The van der Waals surface area contributed by atoms with Gasteiger partial charge in [0.15, 0.2) is 0 Å². The lowest BCUT2D eigenvalue weighted by Crippen LogP contribution is -2.28. The average Bonchev–Trinajstić information content (AvgIpc) is 3.33. The molecular weight excluding hydrogens is 588 g/mol. The quantitative estimate of drug-likeness (QED) is 0.130. The highest BCUT2D eigenvalue weighted by atomic mass is 28.3. The molecule has 0 aliphatic heterocycles. The molecule has 226 valence electrons. The van der Waals surface area contributed by atoms with Gasteiger partial charge in [-0.15, -0.1) is 11.5 Å². The van der Waals surface area contributed by atoms with Crippen molar-refractivity contribution in [2.75, 3.05) is 25.7 Å². The molecule has 0 aliphatic rings. The van der Waals surface area contributed by atoms with Crippen molar-refractivity contribution >= 4 is 31.4 Å². The number of methoxy groups -OCH3 is 2. The van der Waals surface area contributed by atoms with Gasteiger partial charge in [-0.3, -0.25) is 4.68 Å². The van der Waals surface area contributed by atoms with Crippen LogP contribution in [0.15, 0.2) is 30.5 Å². The molecule has 0 amide bonds. The van der Waals surface area contributed by atoms with Crippen LogP contribution in [0, 0.1) is 12.3 Å². The molecule has 0 bridgehead atoms. The maximum Gasteiger partial charge on any atom is 0.417 e. The van der Waals surface area contributed by atoms with E-state index < -0.39 is 49.1 Å². The highest BCUT2D eigenvalue weighted by Crippen LogP contribution is 2.39. The van der Waals surface area contributed by atoms with E-state index in [2.05, 4.69) is 39.4 Å². The SMILES string of the molecule is C#Cc1cc(C(=O)OC)c(N)cc1C(F)(F)F.COC(=O)c1cc(-c2cn(C[Si](C)(C)C)nn2)c(C(F)(F)F)cc1N. The van der Waals surface area contributed by atoms with Crippen LogP contribution in [0.3, 0.4) is 0 Å². The Morgan fingerprint density at radius 2 is 1.38 bits per heavy atom. The molecule has 16 heteroatoms. The Kier molecular flexibility index (Phi) is 10.1. The minimum atomic E-state index is -4.65. The van der Waals surface area contributed by atoms with E-state index in [1.54, 1.807) is 0 Å². The second-order valence-electron chi connectivity index (χ2n) is 9.96. The van der Waals surface area contributed by atoms with Crippen molar-refractivity contribution in [1.82, 2.24) is 15.0 Å². The number of benzene rings is 2. The summed E-state index contributed by atoms with van der Waals surface area (Å²) in [6, 6.07) is 3.29. The Bertz CT molecular complexity index is 1520. The number of carbonyl (C=O) groups excluding carboxylic acids is 2. The summed E-state index contributed by atoms with van der Waals surface area (Å²) in [5, 5.41) is 7.75. The van der Waals surface area contributed by atoms with Crippen molar-refractivity contribution in [3.63, 3.8) is 0 Å². The van der Waals surface area contributed by atoms with Crippen LogP contribution < -0.4 is 11.5 Å². The van der Waals surface area contributed by atoms with Gasteiger partial charge >= 0.3 is 24.3 Å². The van der Waals surface area contributed by atoms with E-state index in [1.807, 2.05) is 5.92 Å². The van der Waals surface area contributed by atoms with Crippen molar-refractivity contribution in [3.05, 3.63) is 58.3 Å². The molecule has 3 rings (SSSR count). The zero-order valence-corrected chi connectivity index (χ0v) is 24.1. The van der Waals surface area contributed by atoms with E-state index in [0.29, 0.717) is 12.2 Å². The molecule has 2 aromatic carbocycles. The van der Waals surface area contributed by atoms with E-state index in [0.717, 1.165) is 32.4 Å². The molecule has 0 atom stereocenters. The lowest BCUT2D eigenvalue weighted by molar-refractivity contribution is -0.138. The Hall–Kier alpha value is -4.52. The molecule has 0 unspecified atom stereocenters. The maximum atomic E-state index is 13.4. The minimum absolute atomic E-state index is 0.0238. The molecule has 4 N–H and O–H groups in total. The van der Waals surface area contributed by atoms with Gasteiger partial charge in [-0.1, -0.05) is 30.8 Å². The highest BCUT2D eigenvalue weighted by molar-refractivity contribution is 6.74. The lowest BCUT2D eigenvalue weighted by Gasteiger charge is -2.15. The first-order valence-electron chi connectivity index (χ1n) is 11.8. The van der Waals surface area contributed by atoms with Gasteiger partial charge in [0, 0.05) is 28.7 Å². The Morgan fingerprint density at radius 3 is 1.81 bits per heavy atom. The Labute approximate surface area is 237 Å². The fourth-order valence-electron chi connectivity index (χ4n) is 3.59. The molecule has 0 aliphatic carbocycles. The number of anilines is 2. The highest BCUT2D eigenvalue weighted by Gasteiger charge is 2.36. The van der Waals surface area contributed by atoms with Crippen LogP contribution >= 0.6 is 0 Å². The number of esters is 2. The monoisotopic (exact) mass is 615 g/mol. The average molecular weight is 616 g/mol. The third-order valence-electron chi connectivity index (χ3n) is 5.41. The third kappa shape index (κ3) is 8.25. The molecular formula is C26H27F6N5O4Si. The Balaban J connectivity index is 0.000000317. The summed E-state index contributed by atoms with van der Waals surface area (Å²) >= 11 is 0. The zero-order chi connectivity index (χ0) is 32.2. The number of ether oxygens (including phenoxy) is 2. The number of nitrogen functional groups attached to an aromatic ring is 2. The van der Waals surface area contributed by atoms with E-state index in [9.17, 15) is 35.9 Å². The topological polar surface area (TPSA) is 135 Å². The van der Waals surface area contributed by atoms with Crippen molar-refractivity contribution in [1.29, 1.82) is 0 Å². The number of hydrogen-bond donors (Lipinski definition) is 2. The number of hydrogen-bond acceptors (Lipinski definition) is 8. The van der Waals surface area contributed by atoms with Gasteiger partial charge < -0.3 is 20.9 Å². The number of alkyl halides is 6. The number of carbonyl (C=O) groups is 2. The fourth-order valence-corrected chi connectivity index (χ4v) is 4.72. The lowest BCUT2D eigenvalue weighted by atomic mass is 9.99. The van der Waals surface area contributed by atoms with Crippen molar-refractivity contribution < 1.29 is 45.4 Å². The van der Waals surface area contributed by atoms with Crippen molar-refractivity contribution in [2.45, 2.75) is 38.2 Å². The second-order valence-corrected chi connectivity index (χ2v) is 15.4. The maximum absolute atomic E-state index is 13.4. The standard InChI is InChI=1S/C15H19F3N4O2Si.C11H8F3NO2/c1-24-14(23)10-5-9(11(6-12(10)19)15(16,17)18)13-7-22(21-20-13)8-25(2,3)4;1-3-6-4-7(10(16)17-2)9(15)5-8(6)11(12,13)14/h5-7H,8,19H2,1-4H3;1,4-5H,15H2,2H3. The normalized spacial score (nSPS) is 11.7. The Morgan fingerprint density at radius 1 is 0.905 bits per heavy atom. The van der Waals surface area contributed by atoms with Crippen LogP contribution in [0.5, 0.6) is 0 Å². The van der Waals surface area contributed by atoms with Gasteiger partial charge in [0.25, 0.3) is 0 Å². The molecule has 9 nitrogen and oxygen atoms in total. The molecule has 0 saturated carbocycles. The number of rotatable bonds is 5. The fraction of sp³-hybridized carbons (Fsp3) is 0.308. The van der Waals surface area contributed by atoms with Crippen LogP contribution in [0.2, 0.25) is 19.6 Å². The number of terminal acetylenes is 1. The molecule has 42 heavy (non-hydrogen) atoms. The number of halogens is 6. The van der Waals surface area contributed by atoms with Crippen LogP contribution in [0.4, 0.5) is 37.7 Å². The predicted octanol–water partition coefficient (Wildman–Crippen LogP) is 5.27. The van der Waals surface area contributed by atoms with Crippen LogP contribution in [0.25, 0.3) is 11.3 Å². The minimum Gasteiger partial charge on any atom is -0.465 e. The van der Waals surface area contributed by atoms with Crippen LogP contribution in [-0.4, -0.2) is 49.2 Å². The number of aromatic nitrogens is 3. The van der Waals surface area contributed by atoms with E-state index in [-0.39, 0.29) is 33.8 Å². The van der Waals surface area contributed by atoms with E-state index in [1.165, 1.54) is 10.9 Å². The molecule has 1 heterocycles. The molecule has 3 aromatic rings. The molecule has 1 aromatic heterocycles. The third-order valence-corrected chi connectivity index (χ3v) is 6.68. The second kappa shape index (κ2) is 12.6. The first-order chi connectivity index (χ1) is 19.2. The van der Waals surface area contributed by atoms with Crippen molar-refractivity contribution in [2.24, 2.45) is 0 Å². The van der Waals surface area contributed by atoms with Gasteiger partial charge in [-0.05, 0) is 24.3 Å². The summed E-state index contributed by atoms with van der Waals surface area (Å²) in [6.07, 6.45) is -2.25. The summed E-state index contributed by atoms with van der Waals surface area (Å²) in [7, 11) is 0.685. The smallest absolute Gasteiger partial charge is 0.417 e. The first kappa shape index (κ1) is 33.7. The van der Waals surface area contributed by atoms with Gasteiger partial charge in [0.1, 0.15) is 5.69 Å². The van der Waals surface area contributed by atoms with Gasteiger partial charge in [0.2, 0.25) is 0 Å². The summed E-state index contributed by atoms with van der Waals surface area (Å²) in [6.45, 7) is 6.32. The number of nitrogens with zero attached hydrogens (tertiary/aromatic N) is 3.